The summed E-state index contributed by atoms with van der Waals surface area (Å²) in [6.45, 7) is 2.86. The molecule has 3 aromatic rings. The molecular weight excluding hydrogens is 787 g/mol. The highest BCUT2D eigenvalue weighted by Crippen LogP contribution is 2.45. The van der Waals surface area contributed by atoms with E-state index in [9.17, 15) is 58.6 Å². The van der Waals surface area contributed by atoms with Crippen LogP contribution in [0.25, 0.3) is 12.2 Å². The lowest BCUT2D eigenvalue weighted by Gasteiger charge is -2.28. The second-order valence-corrected chi connectivity index (χ2v) is 17.3. The van der Waals surface area contributed by atoms with Crippen LogP contribution >= 0.6 is 0 Å². The molecule has 294 valence electrons. The molecule has 0 atom stereocenters. The highest BCUT2D eigenvalue weighted by molar-refractivity contribution is 7.89. The van der Waals surface area contributed by atoms with Gasteiger partial charge in [-0.1, -0.05) is 37.3 Å². The van der Waals surface area contributed by atoms with Crippen LogP contribution in [0.15, 0.2) is 58.3 Å². The average molecular weight is 822 g/mol. The van der Waals surface area contributed by atoms with E-state index in [4.69, 9.17) is 15.3 Å². The number of hydrogen-bond acceptors (Lipinski definition) is 13. The van der Waals surface area contributed by atoms with Crippen LogP contribution in [0.1, 0.15) is 66.4 Å². The van der Waals surface area contributed by atoms with Crippen LogP contribution in [0.4, 0.5) is 5.69 Å². The third-order valence-corrected chi connectivity index (χ3v) is 12.4. The molecule has 2 amide bonds. The van der Waals surface area contributed by atoms with Crippen LogP contribution in [-0.4, -0.2) is 91.4 Å². The zero-order chi connectivity index (χ0) is 40.5. The number of benzene rings is 3. The predicted octanol–water partition coefficient (Wildman–Crippen LogP) is 1.41. The van der Waals surface area contributed by atoms with Gasteiger partial charge in [0.2, 0.25) is 10.0 Å². The average Bonchev–Trinajstić information content (AvgIpc) is 3.40. The molecule has 55 heavy (non-hydrogen) atoms. The number of hydrogen-bond donors (Lipinski definition) is 4. The van der Waals surface area contributed by atoms with Crippen molar-refractivity contribution >= 4 is 71.9 Å². The van der Waals surface area contributed by atoms with Crippen molar-refractivity contribution in [2.75, 3.05) is 24.6 Å². The van der Waals surface area contributed by atoms with Gasteiger partial charge in [0.25, 0.3) is 32.1 Å². The maximum absolute atomic E-state index is 14.6. The molecule has 0 radical (unpaired) electrons. The van der Waals surface area contributed by atoms with E-state index in [0.717, 1.165) is 4.31 Å². The van der Waals surface area contributed by atoms with Gasteiger partial charge in [-0.3, -0.25) is 18.7 Å². The SMILES string of the molecule is C=c1ccc2c(c1S(=O)(=O)O)Oc1c(ccc(N)c1S(=O)(=O)N(CCCCCC(=O)ON1C(=O)CCC1=O)CCCS(=O)(=O)O)C=2c1ccccc1C(=O)O. The first-order valence-corrected chi connectivity index (χ1v) is 21.0. The maximum atomic E-state index is 14.6. The highest BCUT2D eigenvalue weighted by atomic mass is 32.2. The number of hydroxylamine groups is 2. The number of carbonyl (C=O) groups is 4. The van der Waals surface area contributed by atoms with Gasteiger partial charge < -0.3 is 20.4 Å². The Balaban J connectivity index is 1.56. The molecule has 5 N–H and O–H groups in total. The number of carboxylic acids is 1. The number of amides is 2. The molecule has 5 rings (SSSR count). The minimum Gasteiger partial charge on any atom is -0.478 e. The summed E-state index contributed by atoms with van der Waals surface area (Å²) in [5.41, 5.74) is 5.64. The van der Waals surface area contributed by atoms with Gasteiger partial charge in [-0.25, -0.2) is 18.0 Å². The van der Waals surface area contributed by atoms with Gasteiger partial charge in [0, 0.05) is 48.7 Å². The highest BCUT2D eigenvalue weighted by Gasteiger charge is 2.37. The maximum Gasteiger partial charge on any atom is 0.336 e. The second-order valence-electron chi connectivity index (χ2n) is 12.5. The number of aromatic carboxylic acids is 1. The quantitative estimate of drug-likeness (QED) is 0.0538. The fraction of sp³-hybridized carbons (Fsp3) is 0.294. The zero-order valence-electron chi connectivity index (χ0n) is 28.8. The Kier molecular flexibility index (Phi) is 11.8. The van der Waals surface area contributed by atoms with Crippen LogP contribution < -0.4 is 20.9 Å². The summed E-state index contributed by atoms with van der Waals surface area (Å²) in [7, 11) is -14.5. The van der Waals surface area contributed by atoms with Crippen molar-refractivity contribution in [3.63, 3.8) is 0 Å². The molecule has 1 saturated heterocycles. The van der Waals surface area contributed by atoms with Gasteiger partial charge in [-0.2, -0.15) is 21.1 Å². The van der Waals surface area contributed by atoms with Crippen molar-refractivity contribution in [1.82, 2.24) is 9.37 Å². The Morgan fingerprint density at radius 2 is 1.49 bits per heavy atom. The summed E-state index contributed by atoms with van der Waals surface area (Å²) >= 11 is 0. The minimum absolute atomic E-state index is 0.0118. The summed E-state index contributed by atoms with van der Waals surface area (Å²) in [5.74, 6) is -5.48. The first kappa shape index (κ1) is 41.0. The number of carbonyl (C=O) groups excluding carboxylic acids is 3. The number of nitrogens with zero attached hydrogens (tertiary/aromatic N) is 2. The van der Waals surface area contributed by atoms with Crippen LogP contribution in [-0.2, 0) is 49.5 Å². The van der Waals surface area contributed by atoms with Crippen molar-refractivity contribution in [3.8, 4) is 11.5 Å². The molecule has 2 aliphatic heterocycles. The van der Waals surface area contributed by atoms with Crippen LogP contribution in [0.3, 0.4) is 0 Å². The fourth-order valence-electron chi connectivity index (χ4n) is 6.20. The molecule has 0 unspecified atom stereocenters. The van der Waals surface area contributed by atoms with E-state index in [-0.39, 0.29) is 84.2 Å². The number of rotatable bonds is 16. The molecule has 21 heteroatoms. The van der Waals surface area contributed by atoms with E-state index >= 15 is 0 Å². The topological polar surface area (TPSA) is 282 Å². The number of fused-ring (bicyclic) bond motifs is 2. The zero-order valence-corrected chi connectivity index (χ0v) is 31.3. The van der Waals surface area contributed by atoms with Gasteiger partial charge >= 0.3 is 11.9 Å². The monoisotopic (exact) mass is 821 g/mol. The Morgan fingerprint density at radius 1 is 0.836 bits per heavy atom. The summed E-state index contributed by atoms with van der Waals surface area (Å²) in [4.78, 5) is 51.4. The van der Waals surface area contributed by atoms with Crippen LogP contribution in [0.2, 0.25) is 0 Å². The second kappa shape index (κ2) is 15.9. The van der Waals surface area contributed by atoms with Crippen molar-refractivity contribution in [2.45, 2.75) is 54.7 Å². The van der Waals surface area contributed by atoms with E-state index in [0.29, 0.717) is 5.06 Å². The molecule has 2 aliphatic rings. The molecular formula is C34H35N3O15S3. The molecule has 0 aromatic heterocycles. The van der Waals surface area contributed by atoms with Crippen LogP contribution in [0.5, 0.6) is 11.5 Å². The standard InChI is InChI=1S/C34H35N3O15S3/c1-20-11-12-23-29(21-8-4-5-9-22(21)34(41)42)24-13-14-25(35)33(31(24)51-30(23)32(20)55(48,49)50)54(46,47)36(18-7-19-53(43,44)45)17-6-2-3-10-28(40)52-37-26(38)15-16-27(37)39/h4-5,8-9,11-14H,1-3,6-7,10,15-19,35H2,(H,41,42)(H,43,44,45)(H,48,49,50). The molecule has 2 heterocycles. The molecule has 3 aromatic carbocycles. The predicted molar refractivity (Wildman–Crippen MR) is 192 cm³/mol. The normalized spacial score (nSPS) is 14.5. The fourth-order valence-corrected chi connectivity index (χ4v) is 9.22. The van der Waals surface area contributed by atoms with Crippen molar-refractivity contribution in [2.24, 2.45) is 0 Å². The van der Waals surface area contributed by atoms with Gasteiger partial charge in [-0.15, -0.1) is 5.06 Å². The summed E-state index contributed by atoms with van der Waals surface area (Å²) in [6, 6.07) is 10.8. The molecule has 18 nitrogen and oxygen atoms in total. The molecule has 0 bridgehead atoms. The molecule has 0 aliphatic carbocycles. The summed E-state index contributed by atoms with van der Waals surface area (Å²) < 4.78 is 104. The first-order chi connectivity index (χ1) is 25.7. The van der Waals surface area contributed by atoms with E-state index in [1.165, 1.54) is 48.5 Å². The Labute approximate surface area is 314 Å². The third kappa shape index (κ3) is 8.87. The molecule has 0 saturated carbocycles. The van der Waals surface area contributed by atoms with E-state index in [2.05, 4.69) is 6.58 Å². The molecule has 0 spiro atoms. The Hall–Kier alpha value is -5.19. The van der Waals surface area contributed by atoms with Gasteiger partial charge in [0.1, 0.15) is 9.79 Å². The van der Waals surface area contributed by atoms with Crippen molar-refractivity contribution in [3.05, 3.63) is 75.7 Å². The molecule has 1 fully saturated rings. The Morgan fingerprint density at radius 3 is 2.13 bits per heavy atom. The summed E-state index contributed by atoms with van der Waals surface area (Å²) in [6.07, 6.45) is -0.408. The smallest absolute Gasteiger partial charge is 0.336 e. The number of nitrogen functional groups attached to an aromatic ring is 1. The van der Waals surface area contributed by atoms with Crippen LogP contribution in [0, 0.1) is 0 Å². The minimum atomic E-state index is -5.10. The number of ether oxygens (including phenoxy) is 1. The number of imide groups is 1. The van der Waals surface area contributed by atoms with E-state index < -0.39 is 93.3 Å². The van der Waals surface area contributed by atoms with Crippen molar-refractivity contribution in [1.29, 1.82) is 0 Å². The summed E-state index contributed by atoms with van der Waals surface area (Å²) in [5, 5.41) is 10.2. The third-order valence-electron chi connectivity index (χ3n) is 8.66. The number of sulfonamides is 1. The number of nitrogens with two attached hydrogens (primary N) is 1. The van der Waals surface area contributed by atoms with Gasteiger partial charge in [0.05, 0.1) is 17.0 Å². The number of anilines is 1. The lowest BCUT2D eigenvalue weighted by atomic mass is 9.89. The lowest BCUT2D eigenvalue weighted by molar-refractivity contribution is -0.197. The van der Waals surface area contributed by atoms with E-state index in [1.54, 1.807) is 0 Å². The lowest BCUT2D eigenvalue weighted by Crippen LogP contribution is -2.35. The van der Waals surface area contributed by atoms with E-state index in [1.807, 2.05) is 0 Å². The Bertz CT molecular complexity index is 2540. The van der Waals surface area contributed by atoms with Gasteiger partial charge in [0.15, 0.2) is 11.5 Å². The number of carboxylic acid groups (broad SMARTS) is 1. The number of unbranched alkanes of at least 4 members (excludes halogenated alkanes) is 2. The van der Waals surface area contributed by atoms with Gasteiger partial charge in [-0.05, 0) is 54.3 Å². The van der Waals surface area contributed by atoms with Crippen molar-refractivity contribution < 1.29 is 68.2 Å². The first-order valence-electron chi connectivity index (χ1n) is 16.5. The largest absolute Gasteiger partial charge is 0.478 e.